The molecule has 0 unspecified atom stereocenters. The summed E-state index contributed by atoms with van der Waals surface area (Å²) in [5.41, 5.74) is 7.32. The number of fused-ring (bicyclic) bond motifs is 1. The molecule has 3 heterocycles. The van der Waals surface area contributed by atoms with E-state index in [-0.39, 0.29) is 0 Å². The number of nitrogens with two attached hydrogens (primary N) is 1. The molecular weight excluding hydrogens is 294 g/mol. The summed E-state index contributed by atoms with van der Waals surface area (Å²) in [4.78, 5) is 10.9. The Morgan fingerprint density at radius 1 is 1.26 bits per heavy atom. The van der Waals surface area contributed by atoms with Crippen LogP contribution < -0.4 is 11.1 Å². The number of anilines is 3. The van der Waals surface area contributed by atoms with Gasteiger partial charge in [-0.2, -0.15) is 20.2 Å². The third-order valence-electron chi connectivity index (χ3n) is 3.77. The van der Waals surface area contributed by atoms with Crippen molar-refractivity contribution in [3.63, 3.8) is 0 Å². The van der Waals surface area contributed by atoms with E-state index in [9.17, 15) is 0 Å². The lowest BCUT2D eigenvalue weighted by Gasteiger charge is -2.17. The Bertz CT molecular complexity index is 771. The molecule has 0 spiro atoms. The zero-order chi connectivity index (χ0) is 16.2. The van der Waals surface area contributed by atoms with E-state index in [1.165, 1.54) is 0 Å². The second-order valence-corrected chi connectivity index (χ2v) is 5.21. The van der Waals surface area contributed by atoms with E-state index in [0.29, 0.717) is 22.8 Å². The normalized spacial score (nSPS) is 11.4. The van der Waals surface area contributed by atoms with Gasteiger partial charge < -0.3 is 16.0 Å². The van der Waals surface area contributed by atoms with Crippen LogP contribution in [0.1, 0.15) is 13.8 Å². The van der Waals surface area contributed by atoms with Crippen molar-refractivity contribution >= 4 is 28.5 Å². The fourth-order valence-corrected chi connectivity index (χ4v) is 2.38. The molecular formula is C14H21N9. The molecule has 0 aromatic carbocycles. The molecule has 0 fully saturated rings. The molecule has 0 aliphatic carbocycles. The number of H-pyrrole nitrogens is 1. The average Bonchev–Trinajstić information content (AvgIpc) is 3.18. The molecule has 0 radical (unpaired) electrons. The molecule has 0 saturated heterocycles. The van der Waals surface area contributed by atoms with Crippen LogP contribution in [-0.2, 0) is 6.54 Å². The highest BCUT2D eigenvalue weighted by molar-refractivity contribution is 5.85. The second kappa shape index (κ2) is 6.61. The molecule has 3 rings (SSSR count). The maximum atomic E-state index is 5.89. The monoisotopic (exact) mass is 315 g/mol. The van der Waals surface area contributed by atoms with Crippen molar-refractivity contribution in [2.24, 2.45) is 0 Å². The summed E-state index contributed by atoms with van der Waals surface area (Å²) < 4.78 is 1.90. The van der Waals surface area contributed by atoms with Crippen molar-refractivity contribution in [3.05, 3.63) is 18.6 Å². The van der Waals surface area contributed by atoms with Crippen LogP contribution in [0.2, 0.25) is 0 Å². The molecule has 9 heteroatoms. The molecule has 0 aliphatic rings. The topological polar surface area (TPSA) is 114 Å². The number of nitrogens with zero attached hydrogens (tertiary/aromatic N) is 6. The predicted octanol–water partition coefficient (Wildman–Crippen LogP) is 1.22. The first-order chi connectivity index (χ1) is 11.2. The van der Waals surface area contributed by atoms with Gasteiger partial charge in [0, 0.05) is 12.7 Å². The lowest BCUT2D eigenvalue weighted by atomic mass is 10.4. The SMILES string of the molecule is CCN(CC)CCn1cc(Nc2nc(N)c3cn[nH]c3n2)cn1. The van der Waals surface area contributed by atoms with Gasteiger partial charge in [-0.3, -0.25) is 9.78 Å². The molecule has 0 bridgehead atoms. The zero-order valence-corrected chi connectivity index (χ0v) is 13.3. The number of hydrogen-bond acceptors (Lipinski definition) is 7. The Balaban J connectivity index is 1.68. The Labute approximate surface area is 133 Å². The van der Waals surface area contributed by atoms with Crippen LogP contribution in [-0.4, -0.2) is 54.5 Å². The molecule has 0 aliphatic heterocycles. The molecule has 3 aromatic rings. The molecule has 122 valence electrons. The molecule has 0 saturated carbocycles. The second-order valence-electron chi connectivity index (χ2n) is 5.21. The van der Waals surface area contributed by atoms with Crippen molar-refractivity contribution in [1.29, 1.82) is 0 Å². The Kier molecular flexibility index (Phi) is 4.38. The summed E-state index contributed by atoms with van der Waals surface area (Å²) in [6.45, 7) is 8.21. The first kappa shape index (κ1) is 15.2. The maximum absolute atomic E-state index is 5.89. The number of hydrogen-bond donors (Lipinski definition) is 3. The minimum atomic E-state index is 0.389. The van der Waals surface area contributed by atoms with E-state index in [0.717, 1.165) is 31.9 Å². The van der Waals surface area contributed by atoms with E-state index >= 15 is 0 Å². The molecule has 0 atom stereocenters. The zero-order valence-electron chi connectivity index (χ0n) is 13.3. The van der Waals surface area contributed by atoms with Crippen LogP contribution in [0.3, 0.4) is 0 Å². The van der Waals surface area contributed by atoms with Gasteiger partial charge in [0.2, 0.25) is 5.95 Å². The van der Waals surface area contributed by atoms with Gasteiger partial charge in [0.05, 0.1) is 30.0 Å². The van der Waals surface area contributed by atoms with E-state index < -0.39 is 0 Å². The van der Waals surface area contributed by atoms with Gasteiger partial charge in [-0.15, -0.1) is 0 Å². The lowest BCUT2D eigenvalue weighted by molar-refractivity contribution is 0.285. The maximum Gasteiger partial charge on any atom is 0.231 e. The van der Waals surface area contributed by atoms with Gasteiger partial charge in [-0.25, -0.2) is 0 Å². The van der Waals surface area contributed by atoms with Crippen LogP contribution in [0.5, 0.6) is 0 Å². The number of likely N-dealkylation sites (N-methyl/N-ethyl adjacent to an activating group) is 1. The fourth-order valence-electron chi connectivity index (χ4n) is 2.38. The smallest absolute Gasteiger partial charge is 0.231 e. The van der Waals surface area contributed by atoms with E-state index in [1.54, 1.807) is 12.4 Å². The van der Waals surface area contributed by atoms with Gasteiger partial charge in [-0.1, -0.05) is 13.8 Å². The number of nitrogens with one attached hydrogen (secondary N) is 2. The molecule has 4 N–H and O–H groups in total. The summed E-state index contributed by atoms with van der Waals surface area (Å²) in [6, 6.07) is 0. The molecule has 3 aromatic heterocycles. The summed E-state index contributed by atoms with van der Waals surface area (Å²) in [5, 5.41) is 14.9. The minimum Gasteiger partial charge on any atom is -0.383 e. The first-order valence-electron chi connectivity index (χ1n) is 7.68. The summed E-state index contributed by atoms with van der Waals surface area (Å²) >= 11 is 0. The number of aromatic amines is 1. The third-order valence-corrected chi connectivity index (χ3v) is 3.77. The summed E-state index contributed by atoms with van der Waals surface area (Å²) in [7, 11) is 0. The van der Waals surface area contributed by atoms with Gasteiger partial charge in [0.1, 0.15) is 5.82 Å². The van der Waals surface area contributed by atoms with Crippen molar-refractivity contribution in [2.45, 2.75) is 20.4 Å². The molecule has 9 nitrogen and oxygen atoms in total. The van der Waals surface area contributed by atoms with Crippen LogP contribution in [0.15, 0.2) is 18.6 Å². The van der Waals surface area contributed by atoms with Crippen LogP contribution in [0.4, 0.5) is 17.5 Å². The van der Waals surface area contributed by atoms with E-state index in [2.05, 4.69) is 49.3 Å². The van der Waals surface area contributed by atoms with Crippen LogP contribution in [0, 0.1) is 0 Å². The number of aromatic nitrogens is 6. The van der Waals surface area contributed by atoms with E-state index in [4.69, 9.17) is 5.73 Å². The van der Waals surface area contributed by atoms with E-state index in [1.807, 2.05) is 10.9 Å². The third kappa shape index (κ3) is 3.39. The quantitative estimate of drug-likeness (QED) is 0.600. The highest BCUT2D eigenvalue weighted by Crippen LogP contribution is 2.19. The summed E-state index contributed by atoms with van der Waals surface area (Å²) in [6.07, 6.45) is 5.29. The van der Waals surface area contributed by atoms with Gasteiger partial charge in [0.25, 0.3) is 0 Å². The van der Waals surface area contributed by atoms with Crippen LogP contribution in [0.25, 0.3) is 11.0 Å². The molecule has 0 amide bonds. The lowest BCUT2D eigenvalue weighted by Crippen LogP contribution is -2.27. The minimum absolute atomic E-state index is 0.389. The fraction of sp³-hybridized carbons (Fsp3) is 0.429. The van der Waals surface area contributed by atoms with Gasteiger partial charge >= 0.3 is 0 Å². The van der Waals surface area contributed by atoms with Crippen molar-refractivity contribution in [3.8, 4) is 0 Å². The van der Waals surface area contributed by atoms with Crippen molar-refractivity contribution in [1.82, 2.24) is 34.8 Å². The largest absolute Gasteiger partial charge is 0.383 e. The van der Waals surface area contributed by atoms with Crippen molar-refractivity contribution < 1.29 is 0 Å². The standard InChI is InChI=1S/C14H21N9/c1-3-22(4-2)5-6-23-9-10(7-17-23)18-14-19-12(15)11-8-16-21-13(11)20-14/h7-9H,3-6H2,1-2H3,(H4,15,16,18,19,20,21). The Morgan fingerprint density at radius 2 is 2.09 bits per heavy atom. The average molecular weight is 315 g/mol. The van der Waals surface area contributed by atoms with Crippen molar-refractivity contribution in [2.75, 3.05) is 30.7 Å². The Morgan fingerprint density at radius 3 is 2.87 bits per heavy atom. The number of rotatable bonds is 7. The van der Waals surface area contributed by atoms with Crippen LogP contribution >= 0.6 is 0 Å². The van der Waals surface area contributed by atoms with Gasteiger partial charge in [0.15, 0.2) is 5.65 Å². The number of nitrogen functional groups attached to an aromatic ring is 1. The summed E-state index contributed by atoms with van der Waals surface area (Å²) in [5.74, 6) is 0.808. The van der Waals surface area contributed by atoms with Gasteiger partial charge in [-0.05, 0) is 13.1 Å². The molecule has 23 heavy (non-hydrogen) atoms. The predicted molar refractivity (Wildman–Crippen MR) is 89.4 cm³/mol. The highest BCUT2D eigenvalue weighted by Gasteiger charge is 2.08. The Hall–Kier alpha value is -2.68. The highest BCUT2D eigenvalue weighted by atomic mass is 15.3. The first-order valence-corrected chi connectivity index (χ1v) is 7.68.